The lowest BCUT2D eigenvalue weighted by Gasteiger charge is -2.13. The van der Waals surface area contributed by atoms with Crippen LogP contribution < -0.4 is 16.7 Å². The highest BCUT2D eigenvalue weighted by molar-refractivity contribution is 8.00. The Kier molecular flexibility index (Phi) is 4.46. The van der Waals surface area contributed by atoms with Gasteiger partial charge in [-0.2, -0.15) is 0 Å². The highest BCUT2D eigenvalue weighted by Gasteiger charge is 2.27. The number of benzene rings is 1. The van der Waals surface area contributed by atoms with Gasteiger partial charge < -0.3 is 11.2 Å². The molecule has 3 N–H and O–H groups in total. The summed E-state index contributed by atoms with van der Waals surface area (Å²) < 4.78 is 1.05. The maximum absolute atomic E-state index is 12.8. The van der Waals surface area contributed by atoms with Gasteiger partial charge in [-0.05, 0) is 25.3 Å². The summed E-state index contributed by atoms with van der Waals surface area (Å²) in [4.78, 5) is 30.2. The Hall–Kier alpha value is -2.32. The van der Waals surface area contributed by atoms with Crippen molar-refractivity contribution in [1.29, 1.82) is 0 Å². The van der Waals surface area contributed by atoms with Gasteiger partial charge in [0.25, 0.3) is 5.56 Å². The van der Waals surface area contributed by atoms with Gasteiger partial charge in [-0.1, -0.05) is 42.1 Å². The largest absolute Gasteiger partial charge is 0.352 e. The number of nitrogens with zero attached hydrogens (tertiary/aromatic N) is 2. The maximum Gasteiger partial charge on any atom is 0.282 e. The van der Waals surface area contributed by atoms with Gasteiger partial charge in [-0.25, -0.2) is 9.66 Å². The number of carbonyl (C=O) groups excluding carboxylic acids is 1. The van der Waals surface area contributed by atoms with Crippen LogP contribution in [0.1, 0.15) is 19.8 Å². The summed E-state index contributed by atoms with van der Waals surface area (Å²) in [5.74, 6) is 5.96. The van der Waals surface area contributed by atoms with Crippen LogP contribution in [0.2, 0.25) is 0 Å². The highest BCUT2D eigenvalue weighted by atomic mass is 32.2. The van der Waals surface area contributed by atoms with E-state index in [-0.39, 0.29) is 16.7 Å². The topological polar surface area (TPSA) is 90.0 Å². The zero-order valence-electron chi connectivity index (χ0n) is 14.1. The molecule has 1 saturated carbocycles. The van der Waals surface area contributed by atoms with Crippen molar-refractivity contribution in [3.8, 4) is 11.1 Å². The number of carbonyl (C=O) groups is 1. The minimum atomic E-state index is -0.372. The van der Waals surface area contributed by atoms with Gasteiger partial charge in [0.05, 0.1) is 10.6 Å². The molecule has 1 unspecified atom stereocenters. The van der Waals surface area contributed by atoms with E-state index in [1.165, 1.54) is 23.1 Å². The molecule has 134 valence electrons. The number of fused-ring (bicyclic) bond motifs is 1. The van der Waals surface area contributed by atoms with Crippen LogP contribution in [0.4, 0.5) is 0 Å². The number of aromatic nitrogens is 2. The van der Waals surface area contributed by atoms with Gasteiger partial charge in [0.15, 0.2) is 5.16 Å². The zero-order valence-corrected chi connectivity index (χ0v) is 15.8. The average molecular weight is 387 g/mol. The number of thioether (sulfide) groups is 1. The molecule has 6 nitrogen and oxygen atoms in total. The Morgan fingerprint density at radius 3 is 2.81 bits per heavy atom. The Labute approximate surface area is 158 Å². The predicted molar refractivity (Wildman–Crippen MR) is 106 cm³/mol. The molecule has 1 aliphatic rings. The second-order valence-electron chi connectivity index (χ2n) is 6.31. The molecule has 3 aromatic rings. The minimum absolute atomic E-state index is 0.0528. The van der Waals surface area contributed by atoms with Crippen LogP contribution in [0.3, 0.4) is 0 Å². The lowest BCUT2D eigenvalue weighted by atomic mass is 10.1. The Morgan fingerprint density at radius 1 is 1.38 bits per heavy atom. The molecule has 0 aliphatic heterocycles. The van der Waals surface area contributed by atoms with Crippen molar-refractivity contribution in [3.63, 3.8) is 0 Å². The first-order valence-corrected chi connectivity index (χ1v) is 10.1. The third kappa shape index (κ3) is 3.22. The molecule has 0 spiro atoms. The normalized spacial score (nSPS) is 15.1. The molecule has 1 atom stereocenters. The molecule has 1 fully saturated rings. The fraction of sp³-hybridized carbons (Fsp3) is 0.278. The number of nitrogen functional groups attached to an aromatic ring is 1. The van der Waals surface area contributed by atoms with Crippen LogP contribution in [-0.4, -0.2) is 26.9 Å². The third-order valence-electron chi connectivity index (χ3n) is 4.27. The summed E-state index contributed by atoms with van der Waals surface area (Å²) in [5, 5.41) is 5.37. The second-order valence-corrected chi connectivity index (χ2v) is 8.47. The number of rotatable bonds is 5. The fourth-order valence-electron chi connectivity index (χ4n) is 2.66. The molecule has 26 heavy (non-hydrogen) atoms. The van der Waals surface area contributed by atoms with Gasteiger partial charge in [-0.3, -0.25) is 9.59 Å². The number of hydrogen-bond donors (Lipinski definition) is 2. The molecule has 1 aromatic carbocycles. The SMILES string of the molecule is CC(Sc1nc2scc(-c3ccccc3)c2c(=O)n1N)C(=O)NC1CC1. The standard InChI is InChI=1S/C18H18N4O2S2/c1-10(15(23)20-12-7-8-12)26-18-21-16-14(17(24)22(18)19)13(9-25-16)11-5-3-2-4-6-11/h2-6,9-10,12H,7-8,19H2,1H3,(H,20,23). The van der Waals surface area contributed by atoms with E-state index < -0.39 is 0 Å². The van der Waals surface area contributed by atoms with Crippen molar-refractivity contribution >= 4 is 39.2 Å². The Morgan fingerprint density at radius 2 is 2.12 bits per heavy atom. The molecule has 0 radical (unpaired) electrons. The van der Waals surface area contributed by atoms with Crippen LogP contribution >= 0.6 is 23.1 Å². The molecule has 2 heterocycles. The number of amides is 1. The summed E-state index contributed by atoms with van der Waals surface area (Å²) in [6.07, 6.45) is 2.07. The summed E-state index contributed by atoms with van der Waals surface area (Å²) in [5.41, 5.74) is 1.49. The number of thiophene rings is 1. The first kappa shape index (κ1) is 17.1. The van der Waals surface area contributed by atoms with E-state index in [1.807, 2.05) is 35.7 Å². The van der Waals surface area contributed by atoms with E-state index in [0.29, 0.717) is 21.4 Å². The van der Waals surface area contributed by atoms with Gasteiger partial charge in [0.2, 0.25) is 5.91 Å². The van der Waals surface area contributed by atoms with Crippen LogP contribution in [0.25, 0.3) is 21.3 Å². The minimum Gasteiger partial charge on any atom is -0.352 e. The molecular formula is C18H18N4O2S2. The molecule has 4 rings (SSSR count). The Balaban J connectivity index is 1.68. The van der Waals surface area contributed by atoms with Crippen molar-refractivity contribution in [1.82, 2.24) is 15.0 Å². The van der Waals surface area contributed by atoms with E-state index in [2.05, 4.69) is 10.3 Å². The average Bonchev–Trinajstić information content (AvgIpc) is 3.36. The summed E-state index contributed by atoms with van der Waals surface area (Å²) in [6.45, 7) is 1.79. The Bertz CT molecular complexity index is 1020. The lowest BCUT2D eigenvalue weighted by molar-refractivity contribution is -0.120. The van der Waals surface area contributed by atoms with Crippen molar-refractivity contribution in [2.24, 2.45) is 0 Å². The van der Waals surface area contributed by atoms with Crippen LogP contribution in [0.5, 0.6) is 0 Å². The van der Waals surface area contributed by atoms with Crippen molar-refractivity contribution in [2.45, 2.75) is 36.2 Å². The quantitative estimate of drug-likeness (QED) is 0.400. The monoisotopic (exact) mass is 386 g/mol. The van der Waals surface area contributed by atoms with Crippen molar-refractivity contribution in [2.75, 3.05) is 5.84 Å². The third-order valence-corrected chi connectivity index (χ3v) is 6.21. The van der Waals surface area contributed by atoms with Gasteiger partial charge in [-0.15, -0.1) is 11.3 Å². The van der Waals surface area contributed by atoms with Crippen molar-refractivity contribution < 1.29 is 4.79 Å². The molecule has 2 aromatic heterocycles. The highest BCUT2D eigenvalue weighted by Crippen LogP contribution is 2.32. The van der Waals surface area contributed by atoms with E-state index in [1.54, 1.807) is 6.92 Å². The number of nitrogens with one attached hydrogen (secondary N) is 1. The van der Waals surface area contributed by atoms with Gasteiger partial charge in [0, 0.05) is 17.0 Å². The number of nitrogens with two attached hydrogens (primary N) is 1. The smallest absolute Gasteiger partial charge is 0.282 e. The first-order valence-electron chi connectivity index (χ1n) is 8.36. The van der Waals surface area contributed by atoms with Crippen LogP contribution in [-0.2, 0) is 4.79 Å². The molecule has 0 bridgehead atoms. The van der Waals surface area contributed by atoms with E-state index >= 15 is 0 Å². The molecule has 0 saturated heterocycles. The van der Waals surface area contributed by atoms with E-state index in [0.717, 1.165) is 28.6 Å². The lowest BCUT2D eigenvalue weighted by Crippen LogP contribution is -2.34. The van der Waals surface area contributed by atoms with Gasteiger partial charge in [0.1, 0.15) is 4.83 Å². The molecule has 8 heteroatoms. The summed E-state index contributed by atoms with van der Waals surface area (Å²) in [6, 6.07) is 9.99. The van der Waals surface area contributed by atoms with Gasteiger partial charge >= 0.3 is 0 Å². The first-order chi connectivity index (χ1) is 12.5. The zero-order chi connectivity index (χ0) is 18.3. The van der Waals surface area contributed by atoms with Crippen molar-refractivity contribution in [3.05, 3.63) is 46.1 Å². The second kappa shape index (κ2) is 6.77. The molecular weight excluding hydrogens is 368 g/mol. The summed E-state index contributed by atoms with van der Waals surface area (Å²) >= 11 is 2.61. The maximum atomic E-state index is 12.8. The molecule has 1 aliphatic carbocycles. The molecule has 1 amide bonds. The van der Waals surface area contributed by atoms with Crippen LogP contribution in [0.15, 0.2) is 45.7 Å². The fourth-order valence-corrected chi connectivity index (χ4v) is 4.48. The summed E-state index contributed by atoms with van der Waals surface area (Å²) in [7, 11) is 0. The predicted octanol–water partition coefficient (Wildman–Crippen LogP) is 2.60. The van der Waals surface area contributed by atoms with E-state index in [4.69, 9.17) is 5.84 Å². The van der Waals surface area contributed by atoms with Crippen LogP contribution in [0, 0.1) is 0 Å². The van der Waals surface area contributed by atoms with E-state index in [9.17, 15) is 9.59 Å². The number of hydrogen-bond acceptors (Lipinski definition) is 6.